The van der Waals surface area contributed by atoms with Crippen molar-refractivity contribution in [2.75, 3.05) is 51.5 Å². The van der Waals surface area contributed by atoms with E-state index in [9.17, 15) is 14.4 Å². The summed E-state index contributed by atoms with van der Waals surface area (Å²) in [5.74, 6) is -0.235. The summed E-state index contributed by atoms with van der Waals surface area (Å²) in [6.07, 6.45) is 5.92. The maximum Gasteiger partial charge on any atom is 0.271 e. The molecule has 0 saturated carbocycles. The van der Waals surface area contributed by atoms with Crippen LogP contribution in [-0.2, 0) is 22.4 Å². The Balaban J connectivity index is 2.09. The van der Waals surface area contributed by atoms with Gasteiger partial charge in [0, 0.05) is 63.3 Å². The lowest BCUT2D eigenvalue weighted by Crippen LogP contribution is -2.45. The van der Waals surface area contributed by atoms with E-state index in [-0.39, 0.29) is 29.4 Å². The molecule has 12 heteroatoms. The zero-order valence-corrected chi connectivity index (χ0v) is 24.9. The van der Waals surface area contributed by atoms with Gasteiger partial charge < -0.3 is 31.1 Å². The van der Waals surface area contributed by atoms with Gasteiger partial charge in [0.25, 0.3) is 5.91 Å². The zero-order chi connectivity index (χ0) is 30.0. The largest absolute Gasteiger partial charge is 0.364 e. The van der Waals surface area contributed by atoms with Crippen LogP contribution >= 0.6 is 0 Å². The molecular formula is C28H43N9O3. The number of hydrogen-bond acceptors (Lipinski definition) is 9. The molecule has 40 heavy (non-hydrogen) atoms. The summed E-state index contributed by atoms with van der Waals surface area (Å²) in [6.45, 7) is 8.70. The van der Waals surface area contributed by atoms with E-state index >= 15 is 0 Å². The monoisotopic (exact) mass is 553 g/mol. The molecule has 4 N–H and O–H groups in total. The number of carbonyl (C=O) groups excluding carboxylic acids is 3. The molecule has 1 atom stereocenters. The van der Waals surface area contributed by atoms with Crippen molar-refractivity contribution in [2.45, 2.75) is 52.6 Å². The number of nitrogens with one attached hydrogen (secondary N) is 2. The minimum atomic E-state index is -0.675. The number of carbonyl (C=O) groups is 3. The quantitative estimate of drug-likeness (QED) is 0.297. The molecule has 0 bridgehead atoms. The molecule has 2 aromatic heterocycles. The first-order chi connectivity index (χ1) is 18.8. The third kappa shape index (κ3) is 9.01. The van der Waals surface area contributed by atoms with Gasteiger partial charge in [0.1, 0.15) is 6.04 Å². The zero-order valence-electron chi connectivity index (χ0n) is 24.9. The van der Waals surface area contributed by atoms with Crippen LogP contribution in [0.25, 0.3) is 0 Å². The van der Waals surface area contributed by atoms with Crippen molar-refractivity contribution in [3.63, 3.8) is 0 Å². The lowest BCUT2D eigenvalue weighted by Gasteiger charge is -2.25. The topological polar surface area (TPSA) is 150 Å². The maximum absolute atomic E-state index is 12.6. The number of aromatic nitrogens is 3. The Morgan fingerprint density at radius 1 is 1.10 bits per heavy atom. The summed E-state index contributed by atoms with van der Waals surface area (Å²) in [7, 11) is 7.35. The first kappa shape index (κ1) is 32.2. The molecule has 0 aliphatic rings. The van der Waals surface area contributed by atoms with E-state index in [0.29, 0.717) is 48.8 Å². The highest BCUT2D eigenvalue weighted by molar-refractivity contribution is 5.96. The standard InChI is InChI=1S/C28H43N9O3/c1-9-22-27(36(7)18(2)3)34-26(24(33-22)25(29)39)32-21-13-14-30-20(17-21)12-15-31-28(40)19(4)37(8)23(38)11-10-16-35(5)6/h10-11,13-14,17-19H,9,12,15-16H2,1-8H3,(H2,29,39)(H,31,40)(H,30,32,34). The summed E-state index contributed by atoms with van der Waals surface area (Å²) in [5.41, 5.74) is 7.74. The van der Waals surface area contributed by atoms with Crippen molar-refractivity contribution in [1.82, 2.24) is 30.1 Å². The molecule has 0 aliphatic heterocycles. The van der Waals surface area contributed by atoms with E-state index < -0.39 is 11.9 Å². The van der Waals surface area contributed by atoms with Gasteiger partial charge in [-0.05, 0) is 53.4 Å². The first-order valence-electron chi connectivity index (χ1n) is 13.4. The SMILES string of the molecule is CCc1nc(C(N)=O)c(Nc2ccnc(CCNC(=O)C(C)N(C)C(=O)C=CCN(C)C)c2)nc1N(C)C(C)C. The van der Waals surface area contributed by atoms with Crippen LogP contribution in [0, 0.1) is 0 Å². The van der Waals surface area contributed by atoms with Crippen LogP contribution in [0.5, 0.6) is 0 Å². The molecule has 3 amide bonds. The van der Waals surface area contributed by atoms with Crippen molar-refractivity contribution in [3.8, 4) is 0 Å². The number of amides is 3. The molecule has 2 rings (SSSR count). The van der Waals surface area contributed by atoms with Gasteiger partial charge >= 0.3 is 0 Å². The highest BCUT2D eigenvalue weighted by atomic mass is 16.2. The molecule has 2 aromatic rings. The van der Waals surface area contributed by atoms with E-state index in [4.69, 9.17) is 10.7 Å². The molecule has 2 heterocycles. The summed E-state index contributed by atoms with van der Waals surface area (Å²) in [5, 5.41) is 6.03. The average Bonchev–Trinajstić information content (AvgIpc) is 2.91. The predicted molar refractivity (Wildman–Crippen MR) is 158 cm³/mol. The summed E-state index contributed by atoms with van der Waals surface area (Å²) in [4.78, 5) is 56.1. The van der Waals surface area contributed by atoms with Crippen LogP contribution in [0.15, 0.2) is 30.5 Å². The van der Waals surface area contributed by atoms with Crippen LogP contribution in [0.3, 0.4) is 0 Å². The molecule has 0 aliphatic carbocycles. The number of anilines is 3. The van der Waals surface area contributed by atoms with Crippen LogP contribution in [0.1, 0.15) is 49.6 Å². The molecule has 218 valence electrons. The van der Waals surface area contributed by atoms with Crippen molar-refractivity contribution in [3.05, 3.63) is 47.6 Å². The predicted octanol–water partition coefficient (Wildman–Crippen LogP) is 1.74. The Morgan fingerprint density at radius 2 is 1.80 bits per heavy atom. The van der Waals surface area contributed by atoms with Crippen molar-refractivity contribution >= 4 is 35.0 Å². The van der Waals surface area contributed by atoms with E-state index in [1.54, 1.807) is 32.3 Å². The maximum atomic E-state index is 12.6. The smallest absolute Gasteiger partial charge is 0.271 e. The second-order valence-electron chi connectivity index (χ2n) is 10.1. The van der Waals surface area contributed by atoms with Crippen molar-refractivity contribution in [1.29, 1.82) is 0 Å². The fourth-order valence-corrected chi connectivity index (χ4v) is 3.62. The fraction of sp³-hybridized carbons (Fsp3) is 0.500. The number of pyridine rings is 1. The van der Waals surface area contributed by atoms with E-state index in [2.05, 4.69) is 20.6 Å². The number of aryl methyl sites for hydroxylation is 1. The Kier molecular flexibility index (Phi) is 12.0. The van der Waals surface area contributed by atoms with Gasteiger partial charge in [-0.25, -0.2) is 9.97 Å². The second kappa shape index (κ2) is 14.9. The molecule has 0 radical (unpaired) electrons. The number of nitrogens with zero attached hydrogens (tertiary/aromatic N) is 6. The lowest BCUT2D eigenvalue weighted by molar-refractivity contribution is -0.135. The van der Waals surface area contributed by atoms with E-state index in [1.807, 2.05) is 57.8 Å². The summed E-state index contributed by atoms with van der Waals surface area (Å²) >= 11 is 0. The molecule has 0 spiro atoms. The summed E-state index contributed by atoms with van der Waals surface area (Å²) in [6, 6.07) is 3.11. The third-order valence-electron chi connectivity index (χ3n) is 6.42. The minimum Gasteiger partial charge on any atom is -0.364 e. The van der Waals surface area contributed by atoms with Crippen molar-refractivity contribution in [2.24, 2.45) is 5.73 Å². The van der Waals surface area contributed by atoms with Gasteiger partial charge in [-0.3, -0.25) is 19.4 Å². The Bertz CT molecular complexity index is 1210. The molecule has 1 unspecified atom stereocenters. The lowest BCUT2D eigenvalue weighted by atomic mass is 10.2. The minimum absolute atomic E-state index is 0.0626. The molecule has 0 fully saturated rings. The van der Waals surface area contributed by atoms with Gasteiger partial charge in [0.15, 0.2) is 17.3 Å². The van der Waals surface area contributed by atoms with Crippen LogP contribution in [0.2, 0.25) is 0 Å². The van der Waals surface area contributed by atoms with Gasteiger partial charge in [-0.1, -0.05) is 13.0 Å². The second-order valence-corrected chi connectivity index (χ2v) is 10.1. The molecule has 0 saturated heterocycles. The highest BCUT2D eigenvalue weighted by Crippen LogP contribution is 2.25. The first-order valence-corrected chi connectivity index (χ1v) is 13.4. The molecular weight excluding hydrogens is 510 g/mol. The number of likely N-dealkylation sites (N-methyl/N-ethyl adjacent to an activating group) is 2. The number of rotatable bonds is 14. The van der Waals surface area contributed by atoms with Crippen LogP contribution in [-0.4, -0.2) is 95.8 Å². The van der Waals surface area contributed by atoms with E-state index in [0.717, 1.165) is 0 Å². The van der Waals surface area contributed by atoms with Crippen LogP contribution < -0.4 is 21.3 Å². The Hall–Kier alpha value is -4.06. The number of primary amides is 1. The third-order valence-corrected chi connectivity index (χ3v) is 6.42. The Morgan fingerprint density at radius 3 is 2.40 bits per heavy atom. The summed E-state index contributed by atoms with van der Waals surface area (Å²) < 4.78 is 0. The number of hydrogen-bond donors (Lipinski definition) is 3. The highest BCUT2D eigenvalue weighted by Gasteiger charge is 2.22. The molecule has 0 aromatic carbocycles. The van der Waals surface area contributed by atoms with Gasteiger partial charge in [-0.15, -0.1) is 0 Å². The van der Waals surface area contributed by atoms with Crippen LogP contribution in [0.4, 0.5) is 17.3 Å². The van der Waals surface area contributed by atoms with Crippen molar-refractivity contribution < 1.29 is 14.4 Å². The Labute approximate surface area is 237 Å². The average molecular weight is 554 g/mol. The normalized spacial score (nSPS) is 12.1. The van der Waals surface area contributed by atoms with Gasteiger partial charge in [-0.2, -0.15) is 0 Å². The number of nitrogens with two attached hydrogens (primary N) is 1. The fourth-order valence-electron chi connectivity index (χ4n) is 3.62. The molecule has 12 nitrogen and oxygen atoms in total. The van der Waals surface area contributed by atoms with Gasteiger partial charge in [0.05, 0.1) is 5.69 Å². The van der Waals surface area contributed by atoms with E-state index in [1.165, 1.54) is 11.0 Å². The van der Waals surface area contributed by atoms with Gasteiger partial charge in [0.2, 0.25) is 11.8 Å².